The zero-order valence-electron chi connectivity index (χ0n) is 9.49. The summed E-state index contributed by atoms with van der Waals surface area (Å²) >= 11 is 0. The van der Waals surface area contributed by atoms with Crippen molar-refractivity contribution in [3.8, 4) is 0 Å². The third-order valence-corrected chi connectivity index (χ3v) is 3.05. The maximum absolute atomic E-state index is 11.2. The van der Waals surface area contributed by atoms with Gasteiger partial charge in [0.25, 0.3) is 0 Å². The molecule has 0 aromatic rings. The van der Waals surface area contributed by atoms with Crippen LogP contribution in [0.4, 0.5) is 0 Å². The molecule has 0 aromatic carbocycles. The zero-order chi connectivity index (χ0) is 10.7. The number of rotatable bonds is 3. The molecule has 3 atom stereocenters. The molecule has 0 aromatic heterocycles. The van der Waals surface area contributed by atoms with Gasteiger partial charge < -0.3 is 5.73 Å². The number of likely N-dealkylation sites (tertiary alicyclic amines) is 1. The summed E-state index contributed by atoms with van der Waals surface area (Å²) in [5.41, 5.74) is 5.39. The second-order valence-electron chi connectivity index (χ2n) is 4.73. The third kappa shape index (κ3) is 2.71. The van der Waals surface area contributed by atoms with Crippen LogP contribution in [-0.4, -0.2) is 29.9 Å². The molecule has 14 heavy (non-hydrogen) atoms. The quantitative estimate of drug-likeness (QED) is 0.741. The van der Waals surface area contributed by atoms with Gasteiger partial charge in [-0.05, 0) is 24.7 Å². The highest BCUT2D eigenvalue weighted by Crippen LogP contribution is 2.23. The van der Waals surface area contributed by atoms with Gasteiger partial charge in [-0.15, -0.1) is 0 Å². The maximum atomic E-state index is 11.2. The Morgan fingerprint density at radius 2 is 1.93 bits per heavy atom. The first-order valence-corrected chi connectivity index (χ1v) is 5.58. The first kappa shape index (κ1) is 11.5. The second-order valence-corrected chi connectivity index (χ2v) is 4.73. The minimum absolute atomic E-state index is 0.0554. The van der Waals surface area contributed by atoms with E-state index in [1.807, 2.05) is 6.92 Å². The van der Waals surface area contributed by atoms with E-state index in [9.17, 15) is 4.79 Å². The molecule has 1 fully saturated rings. The van der Waals surface area contributed by atoms with E-state index in [4.69, 9.17) is 5.73 Å². The smallest absolute Gasteiger partial charge is 0.234 e. The zero-order valence-corrected chi connectivity index (χ0v) is 9.49. The lowest BCUT2D eigenvalue weighted by Gasteiger charge is -2.38. The van der Waals surface area contributed by atoms with Crippen molar-refractivity contribution in [3.63, 3.8) is 0 Å². The van der Waals surface area contributed by atoms with Crippen LogP contribution < -0.4 is 5.73 Å². The van der Waals surface area contributed by atoms with Gasteiger partial charge in [-0.25, -0.2) is 0 Å². The normalized spacial score (nSPS) is 31.4. The van der Waals surface area contributed by atoms with Gasteiger partial charge >= 0.3 is 0 Å². The number of piperidine rings is 1. The van der Waals surface area contributed by atoms with Gasteiger partial charge in [-0.2, -0.15) is 0 Å². The number of nitrogens with two attached hydrogens (primary N) is 1. The molecule has 0 spiro atoms. The highest BCUT2D eigenvalue weighted by atomic mass is 16.1. The van der Waals surface area contributed by atoms with Crippen LogP contribution >= 0.6 is 0 Å². The Hall–Kier alpha value is -0.570. The number of amides is 1. The molecule has 0 aliphatic carbocycles. The third-order valence-electron chi connectivity index (χ3n) is 3.05. The van der Waals surface area contributed by atoms with Gasteiger partial charge in [0.1, 0.15) is 0 Å². The summed E-state index contributed by atoms with van der Waals surface area (Å²) in [6.45, 7) is 8.56. The molecule has 82 valence electrons. The van der Waals surface area contributed by atoms with Crippen molar-refractivity contribution in [1.82, 2.24) is 4.90 Å². The molecule has 3 unspecified atom stereocenters. The Morgan fingerprint density at radius 1 is 1.43 bits per heavy atom. The summed E-state index contributed by atoms with van der Waals surface area (Å²) in [7, 11) is 0. The number of primary amides is 1. The van der Waals surface area contributed by atoms with Crippen LogP contribution in [0.5, 0.6) is 0 Å². The fourth-order valence-corrected chi connectivity index (χ4v) is 2.60. The minimum Gasteiger partial charge on any atom is -0.368 e. The summed E-state index contributed by atoms with van der Waals surface area (Å²) in [4.78, 5) is 13.5. The molecule has 1 rings (SSSR count). The fourth-order valence-electron chi connectivity index (χ4n) is 2.60. The van der Waals surface area contributed by atoms with Gasteiger partial charge in [0, 0.05) is 13.1 Å². The van der Waals surface area contributed by atoms with E-state index in [1.165, 1.54) is 6.42 Å². The Kier molecular flexibility index (Phi) is 3.93. The number of hydrogen-bond donors (Lipinski definition) is 1. The molecule has 1 saturated heterocycles. The van der Waals surface area contributed by atoms with Crippen molar-refractivity contribution in [2.45, 2.75) is 39.7 Å². The van der Waals surface area contributed by atoms with Crippen LogP contribution in [0, 0.1) is 11.8 Å². The Bertz CT molecular complexity index is 195. The predicted molar refractivity (Wildman–Crippen MR) is 57.8 cm³/mol. The molecular weight excluding hydrogens is 176 g/mol. The Labute approximate surface area is 86.6 Å². The molecule has 2 N–H and O–H groups in total. The molecule has 3 nitrogen and oxygen atoms in total. The molecule has 0 saturated carbocycles. The van der Waals surface area contributed by atoms with Crippen LogP contribution in [0.1, 0.15) is 33.6 Å². The van der Waals surface area contributed by atoms with E-state index in [0.717, 1.165) is 19.5 Å². The van der Waals surface area contributed by atoms with Crippen molar-refractivity contribution >= 4 is 5.91 Å². The number of carbonyl (C=O) groups excluding carboxylic acids is 1. The lowest BCUT2D eigenvalue weighted by molar-refractivity contribution is -0.124. The summed E-state index contributed by atoms with van der Waals surface area (Å²) < 4.78 is 0. The van der Waals surface area contributed by atoms with E-state index in [1.54, 1.807) is 0 Å². The van der Waals surface area contributed by atoms with Crippen LogP contribution in [0.25, 0.3) is 0 Å². The van der Waals surface area contributed by atoms with E-state index in [2.05, 4.69) is 18.7 Å². The van der Waals surface area contributed by atoms with Crippen LogP contribution in [0.15, 0.2) is 0 Å². The summed E-state index contributed by atoms with van der Waals surface area (Å²) in [6, 6.07) is -0.0554. The van der Waals surface area contributed by atoms with Crippen molar-refractivity contribution in [1.29, 1.82) is 0 Å². The highest BCUT2D eigenvalue weighted by Gasteiger charge is 2.29. The van der Waals surface area contributed by atoms with E-state index in [0.29, 0.717) is 11.8 Å². The van der Waals surface area contributed by atoms with Gasteiger partial charge in [0.15, 0.2) is 0 Å². The molecular formula is C11H22N2O. The molecule has 1 amide bonds. The number of carbonyl (C=O) groups is 1. The van der Waals surface area contributed by atoms with Crippen molar-refractivity contribution in [2.75, 3.05) is 13.1 Å². The average Bonchev–Trinajstić information content (AvgIpc) is 2.02. The summed E-state index contributed by atoms with van der Waals surface area (Å²) in [5, 5.41) is 0. The Balaban J connectivity index is 2.61. The number of hydrogen-bond acceptors (Lipinski definition) is 2. The summed E-state index contributed by atoms with van der Waals surface area (Å²) in [6.07, 6.45) is 2.10. The topological polar surface area (TPSA) is 46.3 Å². The molecule has 1 aliphatic rings. The van der Waals surface area contributed by atoms with Gasteiger partial charge in [0.05, 0.1) is 6.04 Å². The Morgan fingerprint density at radius 3 is 2.29 bits per heavy atom. The molecule has 3 heteroatoms. The first-order chi connectivity index (χ1) is 6.54. The molecule has 1 heterocycles. The largest absolute Gasteiger partial charge is 0.368 e. The SMILES string of the molecule is CCC(C(N)=O)N1CC(C)CC(C)C1. The lowest BCUT2D eigenvalue weighted by Crippen LogP contribution is -2.50. The van der Waals surface area contributed by atoms with E-state index in [-0.39, 0.29) is 11.9 Å². The van der Waals surface area contributed by atoms with Crippen LogP contribution in [0.3, 0.4) is 0 Å². The monoisotopic (exact) mass is 198 g/mol. The van der Waals surface area contributed by atoms with Crippen molar-refractivity contribution in [2.24, 2.45) is 17.6 Å². The lowest BCUT2D eigenvalue weighted by atomic mass is 9.90. The predicted octanol–water partition coefficient (Wildman–Crippen LogP) is 1.23. The van der Waals surface area contributed by atoms with Crippen LogP contribution in [-0.2, 0) is 4.79 Å². The van der Waals surface area contributed by atoms with Gasteiger partial charge in [-0.3, -0.25) is 9.69 Å². The minimum atomic E-state index is -0.172. The summed E-state index contributed by atoms with van der Waals surface area (Å²) in [5.74, 6) is 1.20. The molecule has 0 bridgehead atoms. The molecule has 1 aliphatic heterocycles. The average molecular weight is 198 g/mol. The van der Waals surface area contributed by atoms with Crippen molar-refractivity contribution < 1.29 is 4.79 Å². The van der Waals surface area contributed by atoms with Gasteiger partial charge in [-0.1, -0.05) is 20.8 Å². The first-order valence-electron chi connectivity index (χ1n) is 5.58. The second kappa shape index (κ2) is 4.78. The molecule has 0 radical (unpaired) electrons. The highest BCUT2D eigenvalue weighted by molar-refractivity contribution is 5.79. The maximum Gasteiger partial charge on any atom is 0.234 e. The van der Waals surface area contributed by atoms with Gasteiger partial charge in [0.2, 0.25) is 5.91 Å². The standard InChI is InChI=1S/C11H22N2O/c1-4-10(11(12)14)13-6-8(2)5-9(3)7-13/h8-10H,4-7H2,1-3H3,(H2,12,14). The van der Waals surface area contributed by atoms with Crippen LogP contribution in [0.2, 0.25) is 0 Å². The van der Waals surface area contributed by atoms with Crippen molar-refractivity contribution in [3.05, 3.63) is 0 Å². The number of nitrogens with zero attached hydrogens (tertiary/aromatic N) is 1. The van der Waals surface area contributed by atoms with E-state index < -0.39 is 0 Å². The van der Waals surface area contributed by atoms with E-state index >= 15 is 0 Å². The fraction of sp³-hybridized carbons (Fsp3) is 0.909.